The molecule has 1 amide bonds. The first-order valence-electron chi connectivity index (χ1n) is 7.84. The van der Waals surface area contributed by atoms with Crippen molar-refractivity contribution >= 4 is 17.4 Å². The second-order valence-electron chi connectivity index (χ2n) is 5.72. The predicted molar refractivity (Wildman–Crippen MR) is 93.1 cm³/mol. The molecule has 8 nitrogen and oxygen atoms in total. The highest BCUT2D eigenvalue weighted by atomic mass is 16.5. The highest BCUT2D eigenvalue weighted by Gasteiger charge is 2.20. The maximum Gasteiger partial charge on any atom is 0.254 e. The first-order chi connectivity index (χ1) is 12.1. The van der Waals surface area contributed by atoms with E-state index < -0.39 is 6.10 Å². The van der Waals surface area contributed by atoms with Gasteiger partial charge in [0, 0.05) is 21.2 Å². The lowest BCUT2D eigenvalue weighted by molar-refractivity contribution is -0.131. The normalized spacial score (nSPS) is 12.1. The predicted octanol–water partition coefficient (Wildman–Crippen LogP) is 1.19. The summed E-state index contributed by atoms with van der Waals surface area (Å²) in [7, 11) is 5.32. The van der Waals surface area contributed by atoms with E-state index in [0.717, 1.165) is 11.4 Å². The molecule has 1 atom stereocenters. The Morgan fingerprint density at radius 1 is 1.20 bits per heavy atom. The minimum absolute atomic E-state index is 0.205. The number of anilines is 1. The van der Waals surface area contributed by atoms with Crippen LogP contribution in [-0.2, 0) is 16.1 Å². The van der Waals surface area contributed by atoms with Crippen LogP contribution in [0.3, 0.4) is 0 Å². The lowest BCUT2D eigenvalue weighted by Gasteiger charge is -2.15. The third kappa shape index (κ3) is 3.58. The largest absolute Gasteiger partial charge is 0.367 e. The summed E-state index contributed by atoms with van der Waals surface area (Å²) in [4.78, 5) is 14.3. The van der Waals surface area contributed by atoms with Crippen molar-refractivity contribution in [1.29, 1.82) is 0 Å². The molecule has 1 aromatic carbocycles. The highest BCUT2D eigenvalue weighted by molar-refractivity contribution is 5.82. The zero-order valence-corrected chi connectivity index (χ0v) is 14.4. The Labute approximate surface area is 145 Å². The summed E-state index contributed by atoms with van der Waals surface area (Å²) in [6, 6.07) is 13.0. The van der Waals surface area contributed by atoms with Crippen molar-refractivity contribution in [1.82, 2.24) is 25.1 Å². The van der Waals surface area contributed by atoms with Crippen LogP contribution in [0.4, 0.5) is 5.82 Å². The molecule has 3 rings (SSSR count). The quantitative estimate of drug-likeness (QED) is 0.726. The van der Waals surface area contributed by atoms with Gasteiger partial charge in [0.1, 0.15) is 5.82 Å². The van der Waals surface area contributed by atoms with E-state index in [1.165, 1.54) is 7.11 Å². The number of fused-ring (bicyclic) bond motifs is 1. The van der Waals surface area contributed by atoms with E-state index in [1.807, 2.05) is 61.5 Å². The van der Waals surface area contributed by atoms with Gasteiger partial charge in [-0.05, 0) is 17.7 Å². The van der Waals surface area contributed by atoms with Crippen molar-refractivity contribution in [3.8, 4) is 0 Å². The summed E-state index contributed by atoms with van der Waals surface area (Å²) < 4.78 is 6.95. The lowest BCUT2D eigenvalue weighted by atomic mass is 10.1. The van der Waals surface area contributed by atoms with E-state index in [9.17, 15) is 4.79 Å². The number of hydrogen-bond acceptors (Lipinski definition) is 6. The molecule has 0 aliphatic heterocycles. The number of rotatable bonds is 6. The summed E-state index contributed by atoms with van der Waals surface area (Å²) in [5, 5.41) is 15.5. The molecule has 8 heteroatoms. The topological polar surface area (TPSA) is 84.6 Å². The van der Waals surface area contributed by atoms with Gasteiger partial charge in [-0.1, -0.05) is 30.3 Å². The third-order valence-electron chi connectivity index (χ3n) is 3.77. The molecule has 0 bridgehead atoms. The van der Waals surface area contributed by atoms with E-state index in [2.05, 4.69) is 20.6 Å². The number of nitrogens with one attached hydrogen (secondary N) is 1. The lowest BCUT2D eigenvalue weighted by Crippen LogP contribution is -2.30. The molecule has 0 aliphatic carbocycles. The van der Waals surface area contributed by atoms with E-state index in [0.29, 0.717) is 11.5 Å². The van der Waals surface area contributed by atoms with Crippen LogP contribution in [0.25, 0.3) is 5.65 Å². The number of amides is 1. The fraction of sp³-hybridized carbons (Fsp3) is 0.294. The van der Waals surface area contributed by atoms with Gasteiger partial charge < -0.3 is 15.0 Å². The molecule has 0 saturated heterocycles. The van der Waals surface area contributed by atoms with Gasteiger partial charge in [0.2, 0.25) is 0 Å². The number of hydrogen-bond donors (Lipinski definition) is 1. The Kier molecular flexibility index (Phi) is 4.90. The zero-order chi connectivity index (χ0) is 17.8. The molecule has 1 N–H and O–H groups in total. The van der Waals surface area contributed by atoms with Crippen LogP contribution in [0.5, 0.6) is 0 Å². The van der Waals surface area contributed by atoms with Crippen molar-refractivity contribution in [3.05, 3.63) is 53.9 Å². The Morgan fingerprint density at radius 3 is 2.64 bits per heavy atom. The van der Waals surface area contributed by atoms with E-state index in [-0.39, 0.29) is 12.5 Å². The van der Waals surface area contributed by atoms with Gasteiger partial charge in [0.15, 0.2) is 17.6 Å². The molecule has 0 saturated carbocycles. The smallest absolute Gasteiger partial charge is 0.254 e. The molecular weight excluding hydrogens is 320 g/mol. The maximum absolute atomic E-state index is 12.5. The fourth-order valence-corrected chi connectivity index (χ4v) is 2.45. The van der Waals surface area contributed by atoms with Crippen molar-refractivity contribution in [2.75, 3.05) is 26.1 Å². The molecule has 0 spiro atoms. The minimum atomic E-state index is -0.675. The molecule has 2 heterocycles. The van der Waals surface area contributed by atoms with E-state index >= 15 is 0 Å². The van der Waals surface area contributed by atoms with Gasteiger partial charge in [0.05, 0.1) is 6.54 Å². The standard InChI is InChI=1S/C17H20N6O2/c1-22(2)14-10-9-13-19-20-15(23(13)21-14)11-18-17(24)16(25-3)12-7-5-4-6-8-12/h4-10,16H,11H2,1-3H3,(H,18,24). The monoisotopic (exact) mass is 340 g/mol. The van der Waals surface area contributed by atoms with Crippen molar-refractivity contribution < 1.29 is 9.53 Å². The van der Waals surface area contributed by atoms with Gasteiger partial charge in [-0.15, -0.1) is 15.3 Å². The first-order valence-corrected chi connectivity index (χ1v) is 7.84. The minimum Gasteiger partial charge on any atom is -0.367 e. The summed E-state index contributed by atoms with van der Waals surface area (Å²) in [5.41, 5.74) is 1.42. The first kappa shape index (κ1) is 16.8. The Hall–Kier alpha value is -3.00. The molecule has 2 aromatic heterocycles. The van der Waals surface area contributed by atoms with Crippen molar-refractivity contribution in [3.63, 3.8) is 0 Å². The van der Waals surface area contributed by atoms with Crippen LogP contribution in [-0.4, -0.2) is 46.9 Å². The summed E-state index contributed by atoms with van der Waals surface area (Å²) in [5.74, 6) is 1.09. The number of methoxy groups -OCH3 is 1. The molecule has 130 valence electrons. The Bertz CT molecular complexity index is 862. The average Bonchev–Trinajstić information content (AvgIpc) is 3.03. The number of aromatic nitrogens is 4. The maximum atomic E-state index is 12.5. The summed E-state index contributed by atoms with van der Waals surface area (Å²) in [6.07, 6.45) is -0.675. The van der Waals surface area contributed by atoms with Crippen LogP contribution < -0.4 is 10.2 Å². The fourth-order valence-electron chi connectivity index (χ4n) is 2.45. The molecule has 3 aromatic rings. The summed E-state index contributed by atoms with van der Waals surface area (Å²) in [6.45, 7) is 0.205. The van der Waals surface area contributed by atoms with Crippen LogP contribution in [0.2, 0.25) is 0 Å². The van der Waals surface area contributed by atoms with Gasteiger partial charge >= 0.3 is 0 Å². The van der Waals surface area contributed by atoms with Crippen LogP contribution in [0, 0.1) is 0 Å². The zero-order valence-electron chi connectivity index (χ0n) is 14.4. The Morgan fingerprint density at radius 2 is 1.96 bits per heavy atom. The number of carbonyl (C=O) groups excluding carboxylic acids is 1. The van der Waals surface area contributed by atoms with Crippen LogP contribution in [0.15, 0.2) is 42.5 Å². The second-order valence-corrected chi connectivity index (χ2v) is 5.72. The molecular formula is C17H20N6O2. The second kappa shape index (κ2) is 7.27. The molecule has 0 fully saturated rings. The Balaban J connectivity index is 1.75. The van der Waals surface area contributed by atoms with Crippen LogP contribution in [0.1, 0.15) is 17.5 Å². The van der Waals surface area contributed by atoms with Gasteiger partial charge in [-0.2, -0.15) is 4.52 Å². The van der Waals surface area contributed by atoms with Crippen molar-refractivity contribution in [2.45, 2.75) is 12.6 Å². The number of ether oxygens (including phenoxy) is 1. The highest BCUT2D eigenvalue weighted by Crippen LogP contribution is 2.16. The molecule has 0 radical (unpaired) electrons. The number of benzene rings is 1. The number of carbonyl (C=O) groups is 1. The molecule has 1 unspecified atom stereocenters. The van der Waals surface area contributed by atoms with E-state index in [4.69, 9.17) is 4.74 Å². The van der Waals surface area contributed by atoms with Gasteiger partial charge in [-0.3, -0.25) is 4.79 Å². The summed E-state index contributed by atoms with van der Waals surface area (Å²) >= 11 is 0. The number of nitrogens with zero attached hydrogens (tertiary/aromatic N) is 5. The molecule has 25 heavy (non-hydrogen) atoms. The molecule has 0 aliphatic rings. The van der Waals surface area contributed by atoms with Crippen LogP contribution >= 0.6 is 0 Å². The van der Waals surface area contributed by atoms with Gasteiger partial charge in [0.25, 0.3) is 5.91 Å². The van der Waals surface area contributed by atoms with Crippen molar-refractivity contribution in [2.24, 2.45) is 0 Å². The SMILES string of the molecule is COC(C(=O)NCc1nnc2ccc(N(C)C)nn12)c1ccccc1. The van der Waals surface area contributed by atoms with Gasteiger partial charge in [-0.25, -0.2) is 0 Å². The average molecular weight is 340 g/mol. The third-order valence-corrected chi connectivity index (χ3v) is 3.77. The van der Waals surface area contributed by atoms with E-state index in [1.54, 1.807) is 4.52 Å².